The molecule has 2 nitrogen and oxygen atoms in total. The number of hydrogen-bond donors (Lipinski definition) is 1. The Morgan fingerprint density at radius 2 is 2.00 bits per heavy atom. The summed E-state index contributed by atoms with van der Waals surface area (Å²) in [5.41, 5.74) is -0.790. The molecule has 0 aliphatic heterocycles. The summed E-state index contributed by atoms with van der Waals surface area (Å²) in [6.45, 7) is 1.66. The molecule has 1 saturated carbocycles. The molecule has 12 heavy (non-hydrogen) atoms. The van der Waals surface area contributed by atoms with Crippen molar-refractivity contribution in [2.75, 3.05) is 7.11 Å². The van der Waals surface area contributed by atoms with Gasteiger partial charge in [-0.05, 0) is 13.3 Å². The average molecular weight is 180 g/mol. The molecule has 1 aliphatic carbocycles. The van der Waals surface area contributed by atoms with Crippen LogP contribution in [0.1, 0.15) is 26.2 Å². The van der Waals surface area contributed by atoms with Crippen LogP contribution in [0.4, 0.5) is 8.78 Å². The second kappa shape index (κ2) is 2.92. The van der Waals surface area contributed by atoms with E-state index >= 15 is 0 Å². The van der Waals surface area contributed by atoms with E-state index in [-0.39, 0.29) is 12.8 Å². The summed E-state index contributed by atoms with van der Waals surface area (Å²) >= 11 is 0. The summed E-state index contributed by atoms with van der Waals surface area (Å²) in [6, 6.07) is 0. The number of halogens is 2. The normalized spacial score (nSPS) is 41.2. The maximum Gasteiger partial charge on any atom is 0.250 e. The molecule has 0 radical (unpaired) electrons. The van der Waals surface area contributed by atoms with Crippen LogP contribution < -0.4 is 0 Å². The minimum Gasteiger partial charge on any atom is -0.390 e. The molecule has 2 unspecified atom stereocenters. The van der Waals surface area contributed by atoms with Gasteiger partial charge in [0.1, 0.15) is 0 Å². The van der Waals surface area contributed by atoms with Crippen LogP contribution in [0.25, 0.3) is 0 Å². The highest BCUT2D eigenvalue weighted by atomic mass is 19.3. The van der Waals surface area contributed by atoms with Crippen molar-refractivity contribution >= 4 is 0 Å². The van der Waals surface area contributed by atoms with Crippen LogP contribution in [-0.2, 0) is 4.74 Å². The minimum atomic E-state index is -2.72. The first-order valence-electron chi connectivity index (χ1n) is 4.01. The number of ether oxygens (including phenoxy) is 1. The molecule has 0 spiro atoms. The van der Waals surface area contributed by atoms with Crippen LogP contribution in [-0.4, -0.2) is 29.8 Å². The molecule has 0 saturated heterocycles. The molecule has 0 aromatic rings. The molecule has 0 aromatic heterocycles. The fraction of sp³-hybridized carbons (Fsp3) is 1.00. The van der Waals surface area contributed by atoms with Gasteiger partial charge in [0.05, 0.1) is 11.7 Å². The Hall–Kier alpha value is -0.220. The average Bonchev–Trinajstić information content (AvgIpc) is 1.97. The van der Waals surface area contributed by atoms with Crippen molar-refractivity contribution in [3.63, 3.8) is 0 Å². The van der Waals surface area contributed by atoms with Crippen LogP contribution in [0.3, 0.4) is 0 Å². The number of aliphatic hydroxyl groups excluding tert-OH is 1. The zero-order valence-corrected chi connectivity index (χ0v) is 7.31. The highest BCUT2D eigenvalue weighted by molar-refractivity contribution is 4.93. The molecule has 0 bridgehead atoms. The van der Waals surface area contributed by atoms with Gasteiger partial charge in [0.25, 0.3) is 5.92 Å². The van der Waals surface area contributed by atoms with Crippen molar-refractivity contribution in [3.8, 4) is 0 Å². The minimum absolute atomic E-state index is 0.200. The van der Waals surface area contributed by atoms with Gasteiger partial charge in [-0.3, -0.25) is 0 Å². The van der Waals surface area contributed by atoms with E-state index in [2.05, 4.69) is 0 Å². The van der Waals surface area contributed by atoms with E-state index in [4.69, 9.17) is 4.74 Å². The molecular formula is C8H14F2O2. The Kier molecular flexibility index (Phi) is 2.40. The van der Waals surface area contributed by atoms with Gasteiger partial charge in [-0.1, -0.05) is 0 Å². The first-order valence-corrected chi connectivity index (χ1v) is 4.01. The second-order valence-corrected chi connectivity index (χ2v) is 3.59. The third-order valence-electron chi connectivity index (χ3n) is 2.65. The first-order chi connectivity index (χ1) is 5.40. The third kappa shape index (κ3) is 1.75. The molecule has 2 atom stereocenters. The fourth-order valence-electron chi connectivity index (χ4n) is 1.44. The largest absolute Gasteiger partial charge is 0.390 e. The lowest BCUT2D eigenvalue weighted by Gasteiger charge is -2.40. The van der Waals surface area contributed by atoms with Crippen LogP contribution in [0.5, 0.6) is 0 Å². The Morgan fingerprint density at radius 3 is 2.42 bits per heavy atom. The fourth-order valence-corrected chi connectivity index (χ4v) is 1.44. The smallest absolute Gasteiger partial charge is 0.250 e. The Labute approximate surface area is 70.5 Å². The van der Waals surface area contributed by atoms with Crippen molar-refractivity contribution in [2.45, 2.75) is 43.8 Å². The van der Waals surface area contributed by atoms with Gasteiger partial charge in [-0.15, -0.1) is 0 Å². The SMILES string of the molecule is COC1(C)CCC(F)(F)CC1O. The molecule has 0 aromatic carbocycles. The monoisotopic (exact) mass is 180 g/mol. The van der Waals surface area contributed by atoms with Crippen molar-refractivity contribution in [3.05, 3.63) is 0 Å². The van der Waals surface area contributed by atoms with Gasteiger partial charge in [-0.2, -0.15) is 0 Å². The molecular weight excluding hydrogens is 166 g/mol. The van der Waals surface area contributed by atoms with E-state index in [1.54, 1.807) is 6.92 Å². The Bertz CT molecular complexity index is 172. The lowest BCUT2D eigenvalue weighted by atomic mass is 9.81. The van der Waals surface area contributed by atoms with E-state index in [9.17, 15) is 13.9 Å². The van der Waals surface area contributed by atoms with E-state index in [0.717, 1.165) is 0 Å². The van der Waals surface area contributed by atoms with E-state index < -0.39 is 24.0 Å². The highest BCUT2D eigenvalue weighted by Gasteiger charge is 2.47. The maximum absolute atomic E-state index is 12.7. The van der Waals surface area contributed by atoms with Gasteiger partial charge < -0.3 is 9.84 Å². The van der Waals surface area contributed by atoms with Crippen LogP contribution in [0.2, 0.25) is 0 Å². The number of alkyl halides is 2. The molecule has 4 heteroatoms. The predicted octanol–water partition coefficient (Wildman–Crippen LogP) is 1.57. The highest BCUT2D eigenvalue weighted by Crippen LogP contribution is 2.39. The summed E-state index contributed by atoms with van der Waals surface area (Å²) in [6.07, 6.45) is -1.55. The summed E-state index contributed by atoms with van der Waals surface area (Å²) in [5, 5.41) is 9.36. The number of methoxy groups -OCH3 is 1. The molecule has 1 N–H and O–H groups in total. The summed E-state index contributed by atoms with van der Waals surface area (Å²) in [5.74, 6) is -2.72. The standard InChI is InChI=1S/C8H14F2O2/c1-7(12-2)3-4-8(9,10)5-6(7)11/h6,11H,3-5H2,1-2H3. The predicted molar refractivity (Wildman–Crippen MR) is 40.2 cm³/mol. The number of hydrogen-bond acceptors (Lipinski definition) is 2. The van der Waals surface area contributed by atoms with Crippen molar-refractivity contribution in [1.29, 1.82) is 0 Å². The van der Waals surface area contributed by atoms with Gasteiger partial charge in [0.2, 0.25) is 0 Å². The molecule has 1 aliphatic rings. The van der Waals surface area contributed by atoms with Gasteiger partial charge in [0, 0.05) is 20.0 Å². The summed E-state index contributed by atoms with van der Waals surface area (Å²) in [4.78, 5) is 0. The lowest BCUT2D eigenvalue weighted by Crippen LogP contribution is -2.49. The van der Waals surface area contributed by atoms with E-state index in [0.29, 0.717) is 0 Å². The summed E-state index contributed by atoms with van der Waals surface area (Å²) in [7, 11) is 1.44. The number of rotatable bonds is 1. The zero-order valence-electron chi connectivity index (χ0n) is 7.31. The zero-order chi connectivity index (χ0) is 9.41. The van der Waals surface area contributed by atoms with Crippen LogP contribution >= 0.6 is 0 Å². The van der Waals surface area contributed by atoms with Gasteiger partial charge in [0.15, 0.2) is 0 Å². The Morgan fingerprint density at radius 1 is 1.42 bits per heavy atom. The van der Waals surface area contributed by atoms with Crippen molar-refractivity contribution in [1.82, 2.24) is 0 Å². The Balaban J connectivity index is 2.65. The lowest BCUT2D eigenvalue weighted by molar-refractivity contribution is -0.175. The first kappa shape index (κ1) is 9.86. The molecule has 1 rings (SSSR count). The van der Waals surface area contributed by atoms with Crippen molar-refractivity contribution in [2.24, 2.45) is 0 Å². The number of aliphatic hydroxyl groups is 1. The molecule has 0 amide bonds. The van der Waals surface area contributed by atoms with E-state index in [1.165, 1.54) is 7.11 Å². The topological polar surface area (TPSA) is 29.5 Å². The van der Waals surface area contributed by atoms with Gasteiger partial charge in [-0.25, -0.2) is 8.78 Å². The van der Waals surface area contributed by atoms with Crippen LogP contribution in [0, 0.1) is 0 Å². The van der Waals surface area contributed by atoms with Crippen LogP contribution in [0.15, 0.2) is 0 Å². The van der Waals surface area contributed by atoms with Crippen molar-refractivity contribution < 1.29 is 18.6 Å². The third-order valence-corrected chi connectivity index (χ3v) is 2.65. The van der Waals surface area contributed by atoms with Gasteiger partial charge >= 0.3 is 0 Å². The quantitative estimate of drug-likeness (QED) is 0.663. The maximum atomic E-state index is 12.7. The van der Waals surface area contributed by atoms with E-state index in [1.807, 2.05) is 0 Å². The molecule has 72 valence electrons. The summed E-state index contributed by atoms with van der Waals surface area (Å²) < 4.78 is 30.4. The second-order valence-electron chi connectivity index (χ2n) is 3.59. The molecule has 1 fully saturated rings. The molecule has 0 heterocycles.